The molecule has 0 radical (unpaired) electrons. The highest BCUT2D eigenvalue weighted by Gasteiger charge is 2.31. The molecule has 0 spiro atoms. The molecule has 1 N–H and O–H groups in total. The zero-order valence-corrected chi connectivity index (χ0v) is 7.74. The summed E-state index contributed by atoms with van der Waals surface area (Å²) in [4.78, 5) is 22.5. The first-order valence-electron chi connectivity index (χ1n) is 3.69. The average Bonchev–Trinajstić information content (AvgIpc) is 2.33. The number of hydrogen-bond donors (Lipinski definition) is 1. The van der Waals surface area contributed by atoms with Crippen LogP contribution in [0.4, 0.5) is 18.0 Å². The molecule has 80 valence electrons. The second kappa shape index (κ2) is 4.07. The van der Waals surface area contributed by atoms with Crippen molar-refractivity contribution < 1.29 is 22.8 Å². The molecule has 1 aliphatic heterocycles. The topological polar surface area (TPSA) is 49.4 Å². The third kappa shape index (κ3) is 3.09. The maximum absolute atomic E-state index is 11.7. The first-order valence-corrected chi connectivity index (χ1v) is 4.67. The molecule has 3 amide bonds. The third-order valence-electron chi connectivity index (χ3n) is 1.52. The van der Waals surface area contributed by atoms with Crippen LogP contribution >= 0.6 is 11.8 Å². The van der Waals surface area contributed by atoms with Crippen LogP contribution in [-0.4, -0.2) is 41.2 Å². The van der Waals surface area contributed by atoms with E-state index in [-0.39, 0.29) is 30.6 Å². The van der Waals surface area contributed by atoms with Gasteiger partial charge in [0.25, 0.3) is 0 Å². The van der Waals surface area contributed by atoms with Crippen LogP contribution in [0.1, 0.15) is 0 Å². The Bertz CT molecular complexity index is 240. The van der Waals surface area contributed by atoms with Gasteiger partial charge in [-0.1, -0.05) is 0 Å². The molecule has 0 aromatic carbocycles. The largest absolute Gasteiger partial charge is 0.441 e. The summed E-state index contributed by atoms with van der Waals surface area (Å²) in [6.45, 7) is -0.343. The van der Waals surface area contributed by atoms with Crippen molar-refractivity contribution in [2.45, 2.75) is 5.51 Å². The van der Waals surface area contributed by atoms with Crippen LogP contribution in [0.2, 0.25) is 0 Å². The van der Waals surface area contributed by atoms with Gasteiger partial charge in [0.2, 0.25) is 5.91 Å². The van der Waals surface area contributed by atoms with Crippen molar-refractivity contribution in [1.29, 1.82) is 0 Å². The zero-order valence-electron chi connectivity index (χ0n) is 6.93. The van der Waals surface area contributed by atoms with Crippen LogP contribution in [0.15, 0.2) is 0 Å². The van der Waals surface area contributed by atoms with Gasteiger partial charge in [0, 0.05) is 12.3 Å². The predicted molar refractivity (Wildman–Crippen MR) is 43.6 cm³/mol. The van der Waals surface area contributed by atoms with Crippen LogP contribution < -0.4 is 5.32 Å². The number of hydrogen-bond acceptors (Lipinski definition) is 3. The summed E-state index contributed by atoms with van der Waals surface area (Å²) in [6.07, 6.45) is 0. The van der Waals surface area contributed by atoms with Crippen molar-refractivity contribution in [3.63, 3.8) is 0 Å². The third-order valence-corrected chi connectivity index (χ3v) is 2.23. The Morgan fingerprint density at radius 1 is 1.43 bits per heavy atom. The molecule has 1 fully saturated rings. The fraction of sp³-hybridized carbons (Fsp3) is 0.667. The quantitative estimate of drug-likeness (QED) is 0.726. The van der Waals surface area contributed by atoms with Gasteiger partial charge in [0.05, 0.1) is 6.54 Å². The van der Waals surface area contributed by atoms with Gasteiger partial charge in [-0.25, -0.2) is 4.79 Å². The van der Waals surface area contributed by atoms with E-state index >= 15 is 0 Å². The monoisotopic (exact) mass is 228 g/mol. The molecule has 1 heterocycles. The predicted octanol–water partition coefficient (Wildman–Crippen LogP) is 0.791. The molecule has 0 unspecified atom stereocenters. The van der Waals surface area contributed by atoms with Crippen LogP contribution in [0, 0.1) is 0 Å². The van der Waals surface area contributed by atoms with Crippen molar-refractivity contribution in [3.8, 4) is 0 Å². The number of carbonyl (C=O) groups excluding carboxylic acids is 2. The molecule has 1 saturated heterocycles. The maximum atomic E-state index is 11.7. The Morgan fingerprint density at radius 3 is 2.50 bits per heavy atom. The lowest BCUT2D eigenvalue weighted by molar-refractivity contribution is -0.124. The number of nitrogens with one attached hydrogen (secondary N) is 1. The first-order chi connectivity index (χ1) is 6.40. The fourth-order valence-corrected chi connectivity index (χ4v) is 1.44. The van der Waals surface area contributed by atoms with Gasteiger partial charge in [0.1, 0.15) is 0 Å². The molecule has 8 heteroatoms. The normalized spacial score (nSPS) is 17.5. The van der Waals surface area contributed by atoms with Gasteiger partial charge >= 0.3 is 11.5 Å². The van der Waals surface area contributed by atoms with E-state index in [0.717, 1.165) is 4.90 Å². The van der Waals surface area contributed by atoms with Crippen LogP contribution in [0.5, 0.6) is 0 Å². The molecule has 0 atom stereocenters. The number of imide groups is 1. The Morgan fingerprint density at radius 2 is 2.07 bits per heavy atom. The van der Waals surface area contributed by atoms with Gasteiger partial charge in [-0.3, -0.25) is 9.69 Å². The summed E-state index contributed by atoms with van der Waals surface area (Å²) >= 11 is -0.249. The second-order valence-corrected chi connectivity index (χ2v) is 3.66. The van der Waals surface area contributed by atoms with Gasteiger partial charge in [-0.2, -0.15) is 13.2 Å². The smallest absolute Gasteiger partial charge is 0.329 e. The highest BCUT2D eigenvalue weighted by molar-refractivity contribution is 8.00. The minimum atomic E-state index is -4.32. The van der Waals surface area contributed by atoms with Gasteiger partial charge in [0.15, 0.2) is 0 Å². The average molecular weight is 228 g/mol. The number of rotatable bonds is 3. The van der Waals surface area contributed by atoms with E-state index in [1.54, 1.807) is 0 Å². The lowest BCUT2D eigenvalue weighted by Gasteiger charge is -2.12. The number of alkyl halides is 3. The molecule has 0 saturated carbocycles. The minimum Gasteiger partial charge on any atom is -0.329 e. The molecule has 0 aliphatic carbocycles. The summed E-state index contributed by atoms with van der Waals surface area (Å²) in [6, 6.07) is -0.627. The number of urea groups is 1. The SMILES string of the molecule is O=C1CNC(=O)N1CCSC(F)(F)F. The Labute approximate surface area is 81.8 Å². The second-order valence-electron chi connectivity index (χ2n) is 2.50. The standard InChI is InChI=1S/C6H7F3N2O2S/c7-6(8,9)14-2-1-11-4(12)3-10-5(11)13/h1-3H2,(H,10,13). The zero-order chi connectivity index (χ0) is 10.8. The highest BCUT2D eigenvalue weighted by Crippen LogP contribution is 2.29. The van der Waals surface area contributed by atoms with Gasteiger partial charge in [-0.05, 0) is 11.8 Å². The fourth-order valence-electron chi connectivity index (χ4n) is 0.934. The van der Waals surface area contributed by atoms with E-state index in [4.69, 9.17) is 0 Å². The lowest BCUT2D eigenvalue weighted by Crippen LogP contribution is -2.33. The van der Waals surface area contributed by atoms with E-state index in [1.807, 2.05) is 0 Å². The van der Waals surface area contributed by atoms with E-state index in [1.165, 1.54) is 0 Å². The first kappa shape index (κ1) is 11.2. The summed E-state index contributed by atoms with van der Waals surface area (Å²) in [7, 11) is 0. The minimum absolute atomic E-state index is 0.129. The van der Waals surface area contributed by atoms with Crippen molar-refractivity contribution in [3.05, 3.63) is 0 Å². The van der Waals surface area contributed by atoms with Crippen molar-refractivity contribution in [1.82, 2.24) is 10.2 Å². The molecule has 1 rings (SSSR count). The van der Waals surface area contributed by atoms with E-state index in [9.17, 15) is 22.8 Å². The van der Waals surface area contributed by atoms with Gasteiger partial charge in [-0.15, -0.1) is 0 Å². The van der Waals surface area contributed by atoms with Crippen LogP contribution in [-0.2, 0) is 4.79 Å². The molecule has 0 bridgehead atoms. The van der Waals surface area contributed by atoms with E-state index < -0.39 is 17.4 Å². The Hall–Kier alpha value is -0.920. The highest BCUT2D eigenvalue weighted by atomic mass is 32.2. The number of nitrogens with zero attached hydrogens (tertiary/aromatic N) is 1. The van der Waals surface area contributed by atoms with Crippen molar-refractivity contribution in [2.75, 3.05) is 18.8 Å². The summed E-state index contributed by atoms with van der Waals surface area (Å²) < 4.78 is 35.0. The number of thioether (sulfide) groups is 1. The molecule has 1 aliphatic rings. The number of carbonyl (C=O) groups is 2. The Balaban J connectivity index is 2.31. The summed E-state index contributed by atoms with van der Waals surface area (Å²) in [5.74, 6) is -0.819. The number of halogens is 3. The van der Waals surface area contributed by atoms with Crippen molar-refractivity contribution >= 4 is 23.7 Å². The lowest BCUT2D eigenvalue weighted by atomic mass is 10.5. The summed E-state index contributed by atoms with van der Waals surface area (Å²) in [5, 5.41) is 2.21. The molecule has 14 heavy (non-hydrogen) atoms. The van der Waals surface area contributed by atoms with Gasteiger partial charge < -0.3 is 5.32 Å². The molecular formula is C6H7F3N2O2S. The van der Waals surface area contributed by atoms with Crippen molar-refractivity contribution in [2.24, 2.45) is 0 Å². The molecular weight excluding hydrogens is 221 g/mol. The van der Waals surface area contributed by atoms with E-state index in [2.05, 4.69) is 5.32 Å². The molecule has 0 aromatic rings. The van der Waals surface area contributed by atoms with Crippen LogP contribution in [0.25, 0.3) is 0 Å². The van der Waals surface area contributed by atoms with Crippen LogP contribution in [0.3, 0.4) is 0 Å². The van der Waals surface area contributed by atoms with E-state index in [0.29, 0.717) is 0 Å². The Kier molecular flexibility index (Phi) is 3.25. The molecule has 0 aromatic heterocycles. The summed E-state index contributed by atoms with van der Waals surface area (Å²) in [5.41, 5.74) is -4.32. The molecule has 4 nitrogen and oxygen atoms in total. The number of amides is 3. The maximum Gasteiger partial charge on any atom is 0.441 e.